The maximum atomic E-state index is 12.3. The van der Waals surface area contributed by atoms with Crippen molar-refractivity contribution in [2.24, 2.45) is 0 Å². The van der Waals surface area contributed by atoms with Crippen molar-refractivity contribution >= 4 is 11.9 Å². The lowest BCUT2D eigenvalue weighted by molar-refractivity contribution is -0.148. The maximum Gasteiger partial charge on any atom is 0.435 e. The van der Waals surface area contributed by atoms with Crippen molar-refractivity contribution in [1.82, 2.24) is 15.1 Å². The van der Waals surface area contributed by atoms with E-state index >= 15 is 0 Å². The highest BCUT2D eigenvalue weighted by Gasteiger charge is 2.33. The van der Waals surface area contributed by atoms with Gasteiger partial charge in [0.25, 0.3) is 0 Å². The van der Waals surface area contributed by atoms with E-state index in [-0.39, 0.29) is 6.54 Å². The van der Waals surface area contributed by atoms with E-state index < -0.39 is 36.4 Å². The summed E-state index contributed by atoms with van der Waals surface area (Å²) in [5.74, 6) is -1.93. The lowest BCUT2D eigenvalue weighted by Crippen LogP contribution is -2.39. The van der Waals surface area contributed by atoms with Crippen LogP contribution in [0.2, 0.25) is 0 Å². The third kappa shape index (κ3) is 4.53. The summed E-state index contributed by atoms with van der Waals surface area (Å²) in [7, 11) is 1.16. The number of halogens is 3. The third-order valence-corrected chi connectivity index (χ3v) is 2.28. The zero-order valence-corrected chi connectivity index (χ0v) is 10.3. The second-order valence-corrected chi connectivity index (χ2v) is 3.76. The Morgan fingerprint density at radius 3 is 2.65 bits per heavy atom. The minimum Gasteiger partial charge on any atom is -0.479 e. The fourth-order valence-electron chi connectivity index (χ4n) is 1.28. The molecule has 0 fully saturated rings. The molecule has 10 heteroatoms. The second-order valence-electron chi connectivity index (χ2n) is 3.76. The molecule has 0 saturated heterocycles. The Labute approximate surface area is 111 Å². The van der Waals surface area contributed by atoms with E-state index in [9.17, 15) is 22.8 Å². The van der Waals surface area contributed by atoms with E-state index in [4.69, 9.17) is 5.11 Å². The number of carboxylic acid groups (broad SMARTS) is 1. The number of aromatic nitrogens is 2. The molecule has 1 aromatic rings. The van der Waals surface area contributed by atoms with Crippen molar-refractivity contribution in [1.29, 1.82) is 0 Å². The molecule has 1 heterocycles. The first-order valence-electron chi connectivity index (χ1n) is 5.37. The zero-order valence-electron chi connectivity index (χ0n) is 10.3. The van der Waals surface area contributed by atoms with Crippen molar-refractivity contribution in [3.8, 4) is 0 Å². The predicted octanol–water partition coefficient (Wildman–Crippen LogP) is 0.118. The van der Waals surface area contributed by atoms with Crippen LogP contribution in [0, 0.1) is 0 Å². The number of nitrogens with one attached hydrogen (secondary N) is 1. The highest BCUT2D eigenvalue weighted by molar-refractivity contribution is 5.77. The molecule has 0 aliphatic heterocycles. The first kappa shape index (κ1) is 16.0. The van der Waals surface area contributed by atoms with Crippen LogP contribution in [0.1, 0.15) is 5.69 Å². The highest BCUT2D eigenvalue weighted by atomic mass is 19.4. The molecule has 0 radical (unpaired) electrons. The number of ether oxygens (including phenoxy) is 1. The van der Waals surface area contributed by atoms with Crippen LogP contribution in [0.15, 0.2) is 12.3 Å². The Kier molecular flexibility index (Phi) is 5.08. The first-order chi connectivity index (χ1) is 9.24. The van der Waals surface area contributed by atoms with E-state index in [1.807, 2.05) is 0 Å². The van der Waals surface area contributed by atoms with Gasteiger partial charge in [0.2, 0.25) is 5.91 Å². The number of carbonyl (C=O) groups is 2. The van der Waals surface area contributed by atoms with E-state index in [0.29, 0.717) is 0 Å². The molecule has 0 spiro atoms. The zero-order chi connectivity index (χ0) is 15.3. The van der Waals surface area contributed by atoms with Crippen LogP contribution in [-0.2, 0) is 27.0 Å². The average Bonchev–Trinajstić information content (AvgIpc) is 2.77. The summed E-state index contributed by atoms with van der Waals surface area (Å²) in [5, 5.41) is 14.1. The Morgan fingerprint density at radius 1 is 1.55 bits per heavy atom. The molecule has 2 N–H and O–H groups in total. The van der Waals surface area contributed by atoms with Crippen molar-refractivity contribution in [2.75, 3.05) is 13.7 Å². The van der Waals surface area contributed by atoms with Gasteiger partial charge in [0.15, 0.2) is 11.8 Å². The predicted molar refractivity (Wildman–Crippen MR) is 58.7 cm³/mol. The van der Waals surface area contributed by atoms with Gasteiger partial charge < -0.3 is 15.2 Å². The fourth-order valence-corrected chi connectivity index (χ4v) is 1.28. The van der Waals surface area contributed by atoms with Gasteiger partial charge in [0, 0.05) is 13.3 Å². The van der Waals surface area contributed by atoms with Crippen LogP contribution in [0.5, 0.6) is 0 Å². The molecule has 0 aromatic carbocycles. The highest BCUT2D eigenvalue weighted by Crippen LogP contribution is 2.27. The smallest absolute Gasteiger partial charge is 0.435 e. The molecule has 0 aliphatic carbocycles. The monoisotopic (exact) mass is 295 g/mol. The molecule has 0 saturated carbocycles. The first-order valence-corrected chi connectivity index (χ1v) is 5.37. The van der Waals surface area contributed by atoms with Gasteiger partial charge in [-0.05, 0) is 6.07 Å². The lowest BCUT2D eigenvalue weighted by Gasteiger charge is -2.11. The van der Waals surface area contributed by atoms with Gasteiger partial charge in [-0.2, -0.15) is 18.3 Å². The van der Waals surface area contributed by atoms with Gasteiger partial charge in [-0.3, -0.25) is 9.48 Å². The van der Waals surface area contributed by atoms with E-state index in [1.165, 1.54) is 0 Å². The van der Waals surface area contributed by atoms with Gasteiger partial charge in [0.05, 0.1) is 6.54 Å². The number of aliphatic carboxylic acids is 1. The molecule has 1 rings (SSSR count). The molecule has 1 atom stereocenters. The summed E-state index contributed by atoms with van der Waals surface area (Å²) in [6.07, 6.45) is -4.79. The lowest BCUT2D eigenvalue weighted by atomic mass is 10.3. The summed E-state index contributed by atoms with van der Waals surface area (Å²) in [6, 6.07) is 0.739. The van der Waals surface area contributed by atoms with E-state index in [1.54, 1.807) is 0 Å². The Bertz CT molecular complexity index is 486. The van der Waals surface area contributed by atoms with Crippen LogP contribution in [0.4, 0.5) is 13.2 Å². The molecule has 7 nitrogen and oxygen atoms in total. The molecule has 0 aliphatic rings. The Morgan fingerprint density at radius 2 is 2.20 bits per heavy atom. The number of carbonyl (C=O) groups excluding carboxylic acids is 1. The number of hydrogen-bond acceptors (Lipinski definition) is 4. The number of carboxylic acids is 1. The van der Waals surface area contributed by atoms with Crippen LogP contribution in [0.25, 0.3) is 0 Å². The summed E-state index contributed by atoms with van der Waals surface area (Å²) in [4.78, 5) is 22.0. The molecular weight excluding hydrogens is 283 g/mol. The largest absolute Gasteiger partial charge is 0.479 e. The number of hydrogen-bond donors (Lipinski definition) is 2. The molecule has 20 heavy (non-hydrogen) atoms. The van der Waals surface area contributed by atoms with Crippen LogP contribution in [0.3, 0.4) is 0 Å². The Balaban J connectivity index is 2.51. The van der Waals surface area contributed by atoms with Crippen molar-refractivity contribution in [3.05, 3.63) is 18.0 Å². The molecule has 112 valence electrons. The number of alkyl halides is 3. The molecule has 0 bridgehead atoms. The number of rotatable bonds is 6. The summed E-state index contributed by atoms with van der Waals surface area (Å²) < 4.78 is 42.2. The summed E-state index contributed by atoms with van der Waals surface area (Å²) >= 11 is 0. The number of amides is 1. The van der Waals surface area contributed by atoms with Gasteiger partial charge in [-0.15, -0.1) is 0 Å². The minimum absolute atomic E-state index is 0.294. The molecular formula is C10H12F3N3O4. The SMILES string of the molecule is COC(CNC(=O)Cn1ccc(C(F)(F)F)n1)C(=O)O. The molecule has 1 aromatic heterocycles. The Hall–Kier alpha value is -2.10. The van der Waals surface area contributed by atoms with Crippen molar-refractivity contribution < 1.29 is 32.6 Å². The quantitative estimate of drug-likeness (QED) is 0.777. The van der Waals surface area contributed by atoms with Crippen molar-refractivity contribution in [3.63, 3.8) is 0 Å². The van der Waals surface area contributed by atoms with Gasteiger partial charge >= 0.3 is 12.1 Å². The summed E-state index contributed by atoms with van der Waals surface area (Å²) in [6.45, 7) is -0.746. The van der Waals surface area contributed by atoms with Crippen molar-refractivity contribution in [2.45, 2.75) is 18.8 Å². The van der Waals surface area contributed by atoms with Crippen LogP contribution >= 0.6 is 0 Å². The minimum atomic E-state index is -4.58. The van der Waals surface area contributed by atoms with E-state index in [0.717, 1.165) is 24.1 Å². The molecule has 1 amide bonds. The summed E-state index contributed by atoms with van der Waals surface area (Å²) in [5.41, 5.74) is -1.11. The topological polar surface area (TPSA) is 93.5 Å². The normalized spacial score (nSPS) is 13.0. The fraction of sp³-hybridized carbons (Fsp3) is 0.500. The van der Waals surface area contributed by atoms with E-state index in [2.05, 4.69) is 15.2 Å². The third-order valence-electron chi connectivity index (χ3n) is 2.28. The standard InChI is InChI=1S/C10H12F3N3O4/c1-20-6(9(18)19)4-14-8(17)5-16-3-2-7(15-16)10(11,12)13/h2-3,6H,4-5H2,1H3,(H,14,17)(H,18,19). The van der Waals surface area contributed by atoms with Gasteiger partial charge in [-0.25, -0.2) is 4.79 Å². The van der Waals surface area contributed by atoms with Gasteiger partial charge in [0.1, 0.15) is 6.54 Å². The number of nitrogens with zero attached hydrogens (tertiary/aromatic N) is 2. The second kappa shape index (κ2) is 6.37. The van der Waals surface area contributed by atoms with Crippen LogP contribution in [-0.4, -0.2) is 46.5 Å². The maximum absolute atomic E-state index is 12.3. The molecule has 1 unspecified atom stereocenters. The average molecular weight is 295 g/mol. The van der Waals surface area contributed by atoms with Gasteiger partial charge in [-0.1, -0.05) is 0 Å². The number of methoxy groups -OCH3 is 1. The van der Waals surface area contributed by atoms with Crippen LogP contribution < -0.4 is 5.32 Å².